The largest absolute Gasteiger partial charge is 0.0928 e. The van der Waals surface area contributed by atoms with Crippen molar-refractivity contribution in [3.8, 4) is 0 Å². The fourth-order valence-corrected chi connectivity index (χ4v) is 1.96. The van der Waals surface area contributed by atoms with E-state index in [1.54, 1.807) is 0 Å². The fraction of sp³-hybridized carbons (Fsp3) is 0.733. The summed E-state index contributed by atoms with van der Waals surface area (Å²) < 4.78 is 0. The second-order valence-corrected chi connectivity index (χ2v) is 5.04. The highest BCUT2D eigenvalue weighted by atomic mass is 79.9. The van der Waals surface area contributed by atoms with Crippen molar-refractivity contribution in [1.29, 1.82) is 0 Å². The molecule has 1 heteroatoms. The van der Waals surface area contributed by atoms with Gasteiger partial charge < -0.3 is 0 Å². The highest BCUT2D eigenvalue weighted by Gasteiger charge is 1.87. The van der Waals surface area contributed by atoms with E-state index in [0.29, 0.717) is 0 Å². The van der Waals surface area contributed by atoms with E-state index in [-0.39, 0.29) is 0 Å². The van der Waals surface area contributed by atoms with Crippen molar-refractivity contribution in [2.45, 2.75) is 64.7 Å². The highest BCUT2D eigenvalue weighted by molar-refractivity contribution is 9.09. The van der Waals surface area contributed by atoms with Gasteiger partial charge in [0.25, 0.3) is 0 Å². The Bertz CT molecular complexity index is 170. The zero-order valence-corrected chi connectivity index (χ0v) is 12.3. The minimum absolute atomic E-state index is 1.16. The number of hydrogen-bond donors (Lipinski definition) is 0. The van der Waals surface area contributed by atoms with Gasteiger partial charge in [0.05, 0.1) is 0 Å². The van der Waals surface area contributed by atoms with E-state index in [0.717, 1.165) is 5.33 Å². The molecule has 0 aliphatic heterocycles. The van der Waals surface area contributed by atoms with Gasteiger partial charge in [-0.2, -0.15) is 0 Å². The van der Waals surface area contributed by atoms with Gasteiger partial charge in [0.2, 0.25) is 0 Å². The molecule has 0 spiro atoms. The number of unbranched alkanes of at least 4 members (excludes halogenated alkanes) is 7. The van der Waals surface area contributed by atoms with E-state index in [4.69, 9.17) is 0 Å². The van der Waals surface area contributed by atoms with Crippen LogP contribution in [-0.4, -0.2) is 5.33 Å². The second kappa shape index (κ2) is 15.0. The normalized spacial score (nSPS) is 11.9. The first-order valence-electron chi connectivity index (χ1n) is 6.79. The SMILES string of the molecule is CCCC/C=C\C=C/CCCCCCCBr. The van der Waals surface area contributed by atoms with Gasteiger partial charge in [0.15, 0.2) is 0 Å². The molecule has 0 saturated carbocycles. The molecule has 0 atom stereocenters. The van der Waals surface area contributed by atoms with Crippen LogP contribution in [-0.2, 0) is 0 Å². The smallest absolute Gasteiger partial charge is 0.00313 e. The molecule has 94 valence electrons. The van der Waals surface area contributed by atoms with Crippen LogP contribution in [0.2, 0.25) is 0 Å². The van der Waals surface area contributed by atoms with Gasteiger partial charge >= 0.3 is 0 Å². The Hall–Kier alpha value is -0.0400. The molecule has 0 aliphatic rings. The lowest BCUT2D eigenvalue weighted by atomic mass is 10.1. The Morgan fingerprint density at radius 2 is 1.31 bits per heavy atom. The van der Waals surface area contributed by atoms with Gasteiger partial charge in [-0.15, -0.1) is 0 Å². The second-order valence-electron chi connectivity index (χ2n) is 4.24. The molecule has 0 fully saturated rings. The first-order valence-corrected chi connectivity index (χ1v) is 7.91. The molecule has 0 rings (SSSR count). The van der Waals surface area contributed by atoms with E-state index >= 15 is 0 Å². The Morgan fingerprint density at radius 3 is 1.94 bits per heavy atom. The number of alkyl halides is 1. The van der Waals surface area contributed by atoms with E-state index in [2.05, 4.69) is 47.2 Å². The lowest BCUT2D eigenvalue weighted by Crippen LogP contribution is -1.78. The summed E-state index contributed by atoms with van der Waals surface area (Å²) in [6, 6.07) is 0. The van der Waals surface area contributed by atoms with Crippen LogP contribution < -0.4 is 0 Å². The molecule has 0 aliphatic carbocycles. The number of hydrogen-bond acceptors (Lipinski definition) is 0. The zero-order chi connectivity index (χ0) is 11.9. The highest BCUT2D eigenvalue weighted by Crippen LogP contribution is 2.06. The standard InChI is InChI=1S/C15H27Br/c1-2-3-4-5-6-7-8-9-10-11-12-13-14-15-16/h5-8H,2-4,9-15H2,1H3/b6-5-,8-7-. The van der Waals surface area contributed by atoms with Crippen molar-refractivity contribution in [1.82, 2.24) is 0 Å². The summed E-state index contributed by atoms with van der Waals surface area (Å²) in [7, 11) is 0. The predicted molar refractivity (Wildman–Crippen MR) is 79.3 cm³/mol. The number of halogens is 1. The summed E-state index contributed by atoms with van der Waals surface area (Å²) in [5, 5.41) is 1.16. The number of allylic oxidation sites excluding steroid dienone is 4. The average Bonchev–Trinajstić information content (AvgIpc) is 2.31. The van der Waals surface area contributed by atoms with E-state index in [9.17, 15) is 0 Å². The van der Waals surface area contributed by atoms with E-state index < -0.39 is 0 Å². The minimum atomic E-state index is 1.16. The zero-order valence-electron chi connectivity index (χ0n) is 10.8. The van der Waals surface area contributed by atoms with Crippen molar-refractivity contribution in [3.05, 3.63) is 24.3 Å². The Balaban J connectivity index is 3.12. The van der Waals surface area contributed by atoms with Crippen LogP contribution >= 0.6 is 15.9 Å². The number of rotatable bonds is 11. The fourth-order valence-electron chi connectivity index (χ4n) is 1.56. The summed E-state index contributed by atoms with van der Waals surface area (Å²) in [6.07, 6.45) is 20.9. The van der Waals surface area contributed by atoms with Gasteiger partial charge in [-0.3, -0.25) is 0 Å². The van der Waals surface area contributed by atoms with Crippen LogP contribution in [0.3, 0.4) is 0 Å². The molecule has 0 bridgehead atoms. The lowest BCUT2D eigenvalue weighted by molar-refractivity contribution is 0.641. The van der Waals surface area contributed by atoms with Crippen molar-refractivity contribution in [3.63, 3.8) is 0 Å². The van der Waals surface area contributed by atoms with Crippen molar-refractivity contribution < 1.29 is 0 Å². The molecule has 0 nitrogen and oxygen atoms in total. The van der Waals surface area contributed by atoms with E-state index in [1.807, 2.05) is 0 Å². The van der Waals surface area contributed by atoms with Crippen LogP contribution in [0, 0.1) is 0 Å². The molecule has 0 heterocycles. The molecule has 0 radical (unpaired) electrons. The summed E-state index contributed by atoms with van der Waals surface area (Å²) in [6.45, 7) is 2.24. The third-order valence-corrected chi connectivity index (χ3v) is 3.17. The van der Waals surface area contributed by atoms with Crippen LogP contribution in [0.15, 0.2) is 24.3 Å². The first-order chi connectivity index (χ1) is 7.91. The third kappa shape index (κ3) is 14.0. The average molecular weight is 287 g/mol. The van der Waals surface area contributed by atoms with Crippen LogP contribution in [0.5, 0.6) is 0 Å². The van der Waals surface area contributed by atoms with Crippen molar-refractivity contribution >= 4 is 15.9 Å². The Labute approximate surface area is 110 Å². The third-order valence-electron chi connectivity index (χ3n) is 2.61. The molecule has 0 unspecified atom stereocenters. The maximum atomic E-state index is 3.46. The van der Waals surface area contributed by atoms with Crippen molar-refractivity contribution in [2.75, 3.05) is 5.33 Å². The predicted octanol–water partition coefficient (Wildman–Crippen LogP) is 6.02. The van der Waals surface area contributed by atoms with E-state index in [1.165, 1.54) is 57.8 Å². The Kier molecular flexibility index (Phi) is 14.9. The molecule has 0 aromatic heterocycles. The van der Waals surface area contributed by atoms with Gasteiger partial charge in [0.1, 0.15) is 0 Å². The van der Waals surface area contributed by atoms with Gasteiger partial charge in [-0.1, -0.05) is 79.3 Å². The van der Waals surface area contributed by atoms with Crippen LogP contribution in [0.25, 0.3) is 0 Å². The van der Waals surface area contributed by atoms with Gasteiger partial charge in [-0.25, -0.2) is 0 Å². The summed E-state index contributed by atoms with van der Waals surface area (Å²) >= 11 is 3.46. The molecule has 0 aromatic rings. The molecular weight excluding hydrogens is 260 g/mol. The molecule has 0 N–H and O–H groups in total. The van der Waals surface area contributed by atoms with Gasteiger partial charge in [-0.05, 0) is 25.7 Å². The summed E-state index contributed by atoms with van der Waals surface area (Å²) in [5.74, 6) is 0. The molecular formula is C15H27Br. The summed E-state index contributed by atoms with van der Waals surface area (Å²) in [5.41, 5.74) is 0. The molecule has 0 aromatic carbocycles. The quantitative estimate of drug-likeness (QED) is 0.247. The maximum Gasteiger partial charge on any atom is 0.00313 e. The monoisotopic (exact) mass is 286 g/mol. The maximum absolute atomic E-state index is 3.46. The first kappa shape index (κ1) is 16.0. The van der Waals surface area contributed by atoms with Gasteiger partial charge in [0, 0.05) is 5.33 Å². The molecule has 0 amide bonds. The topological polar surface area (TPSA) is 0 Å². The van der Waals surface area contributed by atoms with Crippen molar-refractivity contribution in [2.24, 2.45) is 0 Å². The lowest BCUT2D eigenvalue weighted by Gasteiger charge is -1.96. The minimum Gasteiger partial charge on any atom is -0.0928 e. The molecule has 16 heavy (non-hydrogen) atoms. The summed E-state index contributed by atoms with van der Waals surface area (Å²) in [4.78, 5) is 0. The van der Waals surface area contributed by atoms with Crippen LogP contribution in [0.4, 0.5) is 0 Å². The molecule has 0 saturated heterocycles. The van der Waals surface area contributed by atoms with Crippen LogP contribution in [0.1, 0.15) is 64.7 Å². The Morgan fingerprint density at radius 1 is 0.750 bits per heavy atom.